The Kier molecular flexibility index (Phi) is 5.33. The zero-order chi connectivity index (χ0) is 15.2. The van der Waals surface area contributed by atoms with Gasteiger partial charge in [-0.2, -0.15) is 0 Å². The Morgan fingerprint density at radius 3 is 2.90 bits per heavy atom. The molecule has 0 N–H and O–H groups in total. The van der Waals surface area contributed by atoms with Gasteiger partial charge < -0.3 is 9.47 Å². The topological polar surface area (TPSA) is 55.8 Å². The van der Waals surface area contributed by atoms with E-state index in [1.807, 2.05) is 6.07 Å². The lowest BCUT2D eigenvalue weighted by molar-refractivity contribution is -0.147. The van der Waals surface area contributed by atoms with Crippen LogP contribution >= 0.6 is 0 Å². The van der Waals surface area contributed by atoms with E-state index in [1.54, 1.807) is 19.2 Å². The summed E-state index contributed by atoms with van der Waals surface area (Å²) in [4.78, 5) is 25.0. The standard InChI is InChI=1S/C16H21NO4/c1-20-15-6-5-13(11-18)14(8-15)10-17-7-3-4-12(9-17)16(19)21-2/h5-6,8,11-12H,3-4,7,9-10H2,1-2H3. The van der Waals surface area contributed by atoms with E-state index in [0.717, 1.165) is 37.0 Å². The summed E-state index contributed by atoms with van der Waals surface area (Å²) < 4.78 is 10.0. The highest BCUT2D eigenvalue weighted by Gasteiger charge is 2.26. The third kappa shape index (κ3) is 3.82. The molecular weight excluding hydrogens is 270 g/mol. The number of likely N-dealkylation sites (tertiary alicyclic amines) is 1. The first-order chi connectivity index (χ1) is 10.2. The molecule has 21 heavy (non-hydrogen) atoms. The Hall–Kier alpha value is -1.88. The van der Waals surface area contributed by atoms with Gasteiger partial charge in [-0.05, 0) is 43.1 Å². The van der Waals surface area contributed by atoms with E-state index in [1.165, 1.54) is 7.11 Å². The number of benzene rings is 1. The summed E-state index contributed by atoms with van der Waals surface area (Å²) in [5.74, 6) is 0.507. The summed E-state index contributed by atoms with van der Waals surface area (Å²) >= 11 is 0. The molecule has 2 rings (SSSR count). The van der Waals surface area contributed by atoms with E-state index in [4.69, 9.17) is 9.47 Å². The molecule has 1 heterocycles. The van der Waals surface area contributed by atoms with Crippen LogP contribution in [0.2, 0.25) is 0 Å². The van der Waals surface area contributed by atoms with Crippen molar-refractivity contribution >= 4 is 12.3 Å². The first-order valence-corrected chi connectivity index (χ1v) is 7.10. The van der Waals surface area contributed by atoms with E-state index < -0.39 is 0 Å². The predicted octanol–water partition coefficient (Wildman–Crippen LogP) is 1.89. The Morgan fingerprint density at radius 2 is 2.24 bits per heavy atom. The van der Waals surface area contributed by atoms with Crippen molar-refractivity contribution in [1.29, 1.82) is 0 Å². The summed E-state index contributed by atoms with van der Waals surface area (Å²) in [6.07, 6.45) is 2.68. The van der Waals surface area contributed by atoms with Crippen LogP contribution in [0.25, 0.3) is 0 Å². The van der Waals surface area contributed by atoms with Crippen LogP contribution in [0.15, 0.2) is 18.2 Å². The average molecular weight is 291 g/mol. The normalized spacial score (nSPS) is 19.0. The monoisotopic (exact) mass is 291 g/mol. The quantitative estimate of drug-likeness (QED) is 0.612. The molecule has 114 valence electrons. The highest BCUT2D eigenvalue weighted by atomic mass is 16.5. The van der Waals surface area contributed by atoms with Gasteiger partial charge in [0, 0.05) is 18.7 Å². The molecule has 0 aromatic heterocycles. The third-order valence-corrected chi connectivity index (χ3v) is 3.91. The van der Waals surface area contributed by atoms with Crippen molar-refractivity contribution in [2.75, 3.05) is 27.3 Å². The van der Waals surface area contributed by atoms with Crippen LogP contribution in [-0.2, 0) is 16.1 Å². The van der Waals surface area contributed by atoms with Crippen LogP contribution in [0.3, 0.4) is 0 Å². The number of methoxy groups -OCH3 is 2. The average Bonchev–Trinajstić information content (AvgIpc) is 2.54. The first kappa shape index (κ1) is 15.5. The maximum atomic E-state index is 11.7. The van der Waals surface area contributed by atoms with E-state index in [9.17, 15) is 9.59 Å². The largest absolute Gasteiger partial charge is 0.497 e. The van der Waals surface area contributed by atoms with Crippen molar-refractivity contribution in [1.82, 2.24) is 4.90 Å². The molecule has 5 heteroatoms. The molecule has 1 saturated heterocycles. The van der Waals surface area contributed by atoms with Crippen LogP contribution in [0.1, 0.15) is 28.8 Å². The summed E-state index contributed by atoms with van der Waals surface area (Å²) in [6.45, 7) is 2.23. The molecular formula is C16H21NO4. The van der Waals surface area contributed by atoms with Crippen LogP contribution < -0.4 is 4.74 Å². The van der Waals surface area contributed by atoms with Crippen molar-refractivity contribution < 1.29 is 19.1 Å². The van der Waals surface area contributed by atoms with Gasteiger partial charge in [0.1, 0.15) is 12.0 Å². The number of nitrogens with zero attached hydrogens (tertiary/aromatic N) is 1. The number of ether oxygens (including phenoxy) is 2. The molecule has 1 aromatic rings. The number of carbonyl (C=O) groups is 2. The molecule has 1 fully saturated rings. The highest BCUT2D eigenvalue weighted by Crippen LogP contribution is 2.23. The summed E-state index contributed by atoms with van der Waals surface area (Å²) in [5.41, 5.74) is 1.59. The summed E-state index contributed by atoms with van der Waals surface area (Å²) in [6, 6.07) is 5.43. The number of aldehydes is 1. The second-order valence-corrected chi connectivity index (χ2v) is 5.28. The molecule has 1 aromatic carbocycles. The Balaban J connectivity index is 2.10. The zero-order valence-electron chi connectivity index (χ0n) is 12.5. The minimum absolute atomic E-state index is 0.0750. The second kappa shape index (κ2) is 7.22. The maximum absolute atomic E-state index is 11.7. The number of carbonyl (C=O) groups excluding carboxylic acids is 2. The van der Waals surface area contributed by atoms with Crippen LogP contribution in [0.5, 0.6) is 5.75 Å². The smallest absolute Gasteiger partial charge is 0.309 e. The molecule has 0 radical (unpaired) electrons. The van der Waals surface area contributed by atoms with Crippen LogP contribution in [0.4, 0.5) is 0 Å². The predicted molar refractivity (Wildman–Crippen MR) is 78.4 cm³/mol. The van der Waals surface area contributed by atoms with Gasteiger partial charge in [0.2, 0.25) is 0 Å². The van der Waals surface area contributed by atoms with Crippen molar-refractivity contribution in [3.8, 4) is 5.75 Å². The summed E-state index contributed by atoms with van der Waals surface area (Å²) in [5, 5.41) is 0. The van der Waals surface area contributed by atoms with Crippen molar-refractivity contribution in [3.05, 3.63) is 29.3 Å². The Morgan fingerprint density at radius 1 is 1.43 bits per heavy atom. The van der Waals surface area contributed by atoms with Gasteiger partial charge in [-0.25, -0.2) is 0 Å². The molecule has 1 aliphatic heterocycles. The zero-order valence-corrected chi connectivity index (χ0v) is 12.5. The van der Waals surface area contributed by atoms with Crippen molar-refractivity contribution in [3.63, 3.8) is 0 Å². The lowest BCUT2D eigenvalue weighted by atomic mass is 9.97. The van der Waals surface area contributed by atoms with Gasteiger partial charge in [-0.3, -0.25) is 14.5 Å². The molecule has 0 bridgehead atoms. The number of rotatable bonds is 5. The fourth-order valence-corrected chi connectivity index (χ4v) is 2.76. The number of esters is 1. The number of hydrogen-bond acceptors (Lipinski definition) is 5. The summed E-state index contributed by atoms with van der Waals surface area (Å²) in [7, 11) is 3.03. The van der Waals surface area contributed by atoms with E-state index >= 15 is 0 Å². The van der Waals surface area contributed by atoms with E-state index in [2.05, 4.69) is 4.90 Å². The SMILES string of the molecule is COC(=O)C1CCCN(Cc2cc(OC)ccc2C=O)C1. The van der Waals surface area contributed by atoms with Gasteiger partial charge in [0.25, 0.3) is 0 Å². The molecule has 1 atom stereocenters. The van der Waals surface area contributed by atoms with Gasteiger partial charge in [0.05, 0.1) is 20.1 Å². The van der Waals surface area contributed by atoms with E-state index in [0.29, 0.717) is 18.7 Å². The molecule has 0 saturated carbocycles. The molecule has 0 amide bonds. The van der Waals surface area contributed by atoms with Crippen molar-refractivity contribution in [2.24, 2.45) is 5.92 Å². The lowest BCUT2D eigenvalue weighted by Crippen LogP contribution is -2.38. The van der Waals surface area contributed by atoms with Gasteiger partial charge in [-0.15, -0.1) is 0 Å². The maximum Gasteiger partial charge on any atom is 0.309 e. The lowest BCUT2D eigenvalue weighted by Gasteiger charge is -2.31. The molecule has 5 nitrogen and oxygen atoms in total. The first-order valence-electron chi connectivity index (χ1n) is 7.10. The minimum Gasteiger partial charge on any atom is -0.497 e. The van der Waals surface area contributed by atoms with Gasteiger partial charge in [0.15, 0.2) is 0 Å². The minimum atomic E-state index is -0.152. The van der Waals surface area contributed by atoms with E-state index in [-0.39, 0.29) is 11.9 Å². The Labute approximate surface area is 124 Å². The van der Waals surface area contributed by atoms with Crippen LogP contribution in [-0.4, -0.2) is 44.5 Å². The molecule has 0 spiro atoms. The van der Waals surface area contributed by atoms with Gasteiger partial charge in [-0.1, -0.05) is 0 Å². The van der Waals surface area contributed by atoms with Crippen molar-refractivity contribution in [2.45, 2.75) is 19.4 Å². The molecule has 1 aliphatic rings. The molecule has 1 unspecified atom stereocenters. The fourth-order valence-electron chi connectivity index (χ4n) is 2.76. The highest BCUT2D eigenvalue weighted by molar-refractivity contribution is 5.77. The second-order valence-electron chi connectivity index (χ2n) is 5.28. The Bertz CT molecular complexity index is 515. The molecule has 0 aliphatic carbocycles. The van der Waals surface area contributed by atoms with Gasteiger partial charge >= 0.3 is 5.97 Å². The number of piperidine rings is 1. The fraction of sp³-hybridized carbons (Fsp3) is 0.500. The number of hydrogen-bond donors (Lipinski definition) is 0. The third-order valence-electron chi connectivity index (χ3n) is 3.91. The van der Waals surface area contributed by atoms with Crippen LogP contribution in [0, 0.1) is 5.92 Å².